The number of anilines is 2. The molecule has 0 saturated carbocycles. The van der Waals surface area contributed by atoms with Crippen LogP contribution >= 0.6 is 11.6 Å². The van der Waals surface area contributed by atoms with Crippen LogP contribution in [0.25, 0.3) is 11.0 Å². The molecule has 3 heterocycles. The molecule has 2 aromatic heterocycles. The fourth-order valence-electron chi connectivity index (χ4n) is 3.16. The third-order valence-electron chi connectivity index (χ3n) is 4.12. The highest BCUT2D eigenvalue weighted by molar-refractivity contribution is 6.35. The number of nitrogen functional groups attached to an aromatic ring is 1. The van der Waals surface area contributed by atoms with Crippen LogP contribution in [-0.4, -0.2) is 40.8 Å². The van der Waals surface area contributed by atoms with Crippen LogP contribution in [0.2, 0.25) is 5.02 Å². The van der Waals surface area contributed by atoms with E-state index in [2.05, 4.69) is 20.2 Å². The van der Waals surface area contributed by atoms with Crippen molar-refractivity contribution in [1.29, 1.82) is 0 Å². The van der Waals surface area contributed by atoms with E-state index in [0.717, 1.165) is 30.5 Å². The summed E-state index contributed by atoms with van der Waals surface area (Å²) in [4.78, 5) is 21.5. The van der Waals surface area contributed by atoms with Crippen molar-refractivity contribution < 1.29 is 9.53 Å². The van der Waals surface area contributed by atoms with Gasteiger partial charge in [0.1, 0.15) is 11.2 Å². The predicted molar refractivity (Wildman–Crippen MR) is 100 cm³/mol. The second-order valence-electron chi connectivity index (χ2n) is 7.35. The second kappa shape index (κ2) is 6.63. The van der Waals surface area contributed by atoms with Crippen molar-refractivity contribution in [3.05, 3.63) is 17.4 Å². The molecule has 0 spiro atoms. The summed E-state index contributed by atoms with van der Waals surface area (Å²) in [6.45, 7) is 7.03. The molecule has 4 N–H and O–H groups in total. The Morgan fingerprint density at radius 1 is 1.52 bits per heavy atom. The number of pyridine rings is 1. The van der Waals surface area contributed by atoms with Gasteiger partial charge in [-0.15, -0.1) is 0 Å². The lowest BCUT2D eigenvalue weighted by Crippen LogP contribution is -2.49. The van der Waals surface area contributed by atoms with Gasteiger partial charge in [0.05, 0.1) is 28.0 Å². The van der Waals surface area contributed by atoms with Gasteiger partial charge in [-0.3, -0.25) is 0 Å². The normalized spacial score (nSPS) is 18.4. The average molecular weight is 366 g/mol. The summed E-state index contributed by atoms with van der Waals surface area (Å²) in [5, 5.41) is 4.33. The number of nitrogens with two attached hydrogens (primary N) is 1. The average Bonchev–Trinajstić information content (AvgIpc) is 2.87. The molecule has 1 unspecified atom stereocenters. The first-order chi connectivity index (χ1) is 11.7. The van der Waals surface area contributed by atoms with E-state index in [1.165, 1.54) is 0 Å². The van der Waals surface area contributed by atoms with E-state index >= 15 is 0 Å². The molecule has 0 radical (unpaired) electrons. The molecular weight excluding hydrogens is 342 g/mol. The van der Waals surface area contributed by atoms with Gasteiger partial charge < -0.3 is 25.7 Å². The van der Waals surface area contributed by atoms with E-state index in [1.54, 1.807) is 12.4 Å². The Morgan fingerprint density at radius 3 is 3.00 bits per heavy atom. The standard InChI is InChI=1S/C17H24ClN5O2/c1-17(2,3)25-16(24)22-10-5-4-6-23(9-10)14-11(18)7-20-15-13(14)12(19)8-21-15/h7-8,10H,4-6,9,19H2,1-3H3,(H,20,21)(H,22,24). The number of carbonyl (C=O) groups excluding carboxylic acids is 1. The number of aromatic nitrogens is 2. The Kier molecular flexibility index (Phi) is 4.69. The highest BCUT2D eigenvalue weighted by Gasteiger charge is 2.27. The number of rotatable bonds is 2. The molecule has 1 saturated heterocycles. The third-order valence-corrected chi connectivity index (χ3v) is 4.39. The molecule has 0 aliphatic carbocycles. The molecule has 8 heteroatoms. The van der Waals surface area contributed by atoms with E-state index in [1.807, 2.05) is 20.8 Å². The zero-order chi connectivity index (χ0) is 18.2. The van der Waals surface area contributed by atoms with Crippen molar-refractivity contribution in [3.8, 4) is 0 Å². The molecule has 3 rings (SSSR count). The van der Waals surface area contributed by atoms with Crippen LogP contribution in [-0.2, 0) is 4.74 Å². The minimum Gasteiger partial charge on any atom is -0.444 e. The monoisotopic (exact) mass is 365 g/mol. The molecule has 1 amide bonds. The number of amides is 1. The van der Waals surface area contributed by atoms with Crippen molar-refractivity contribution >= 4 is 40.1 Å². The minimum absolute atomic E-state index is 0.0111. The van der Waals surface area contributed by atoms with Crippen molar-refractivity contribution in [2.45, 2.75) is 45.3 Å². The SMILES string of the molecule is CC(C)(C)OC(=O)NC1CCCN(c2c(Cl)cnc3[nH]cc(N)c23)C1. The number of carbonyl (C=O) groups is 1. The molecule has 2 aromatic rings. The number of nitrogens with zero attached hydrogens (tertiary/aromatic N) is 2. The Labute approximate surface area is 151 Å². The molecule has 136 valence electrons. The van der Waals surface area contributed by atoms with Gasteiger partial charge in [-0.1, -0.05) is 11.6 Å². The van der Waals surface area contributed by atoms with E-state index in [-0.39, 0.29) is 6.04 Å². The van der Waals surface area contributed by atoms with Crippen LogP contribution in [0.1, 0.15) is 33.6 Å². The highest BCUT2D eigenvalue weighted by Crippen LogP contribution is 2.37. The first kappa shape index (κ1) is 17.7. The van der Waals surface area contributed by atoms with Crippen molar-refractivity contribution in [2.24, 2.45) is 0 Å². The summed E-state index contributed by atoms with van der Waals surface area (Å²) in [7, 11) is 0. The lowest BCUT2D eigenvalue weighted by Gasteiger charge is -2.35. The van der Waals surface area contributed by atoms with E-state index in [4.69, 9.17) is 22.1 Å². The van der Waals surface area contributed by atoms with Gasteiger partial charge in [-0.05, 0) is 33.6 Å². The summed E-state index contributed by atoms with van der Waals surface area (Å²) >= 11 is 6.42. The Bertz CT molecular complexity index is 783. The van der Waals surface area contributed by atoms with Gasteiger partial charge in [0.2, 0.25) is 0 Å². The van der Waals surface area contributed by atoms with Crippen LogP contribution in [0.4, 0.5) is 16.2 Å². The number of piperidine rings is 1. The third kappa shape index (κ3) is 3.92. The molecule has 1 aliphatic heterocycles. The lowest BCUT2D eigenvalue weighted by atomic mass is 10.0. The summed E-state index contributed by atoms with van der Waals surface area (Å²) in [6.07, 6.45) is 4.78. The molecular formula is C17H24ClN5O2. The number of H-pyrrole nitrogens is 1. The van der Waals surface area contributed by atoms with Crippen molar-refractivity contribution in [2.75, 3.05) is 23.7 Å². The number of ether oxygens (including phenoxy) is 1. The molecule has 25 heavy (non-hydrogen) atoms. The molecule has 0 aromatic carbocycles. The van der Waals surface area contributed by atoms with Gasteiger partial charge in [-0.25, -0.2) is 9.78 Å². The second-order valence-corrected chi connectivity index (χ2v) is 7.76. The summed E-state index contributed by atoms with van der Waals surface area (Å²) in [5.74, 6) is 0. The molecule has 1 fully saturated rings. The maximum absolute atomic E-state index is 12.0. The molecule has 0 bridgehead atoms. The number of hydrogen-bond acceptors (Lipinski definition) is 5. The van der Waals surface area contributed by atoms with E-state index in [0.29, 0.717) is 22.9 Å². The smallest absolute Gasteiger partial charge is 0.407 e. The largest absolute Gasteiger partial charge is 0.444 e. The van der Waals surface area contributed by atoms with Gasteiger partial charge >= 0.3 is 6.09 Å². The number of aromatic amines is 1. The number of fused-ring (bicyclic) bond motifs is 1. The van der Waals surface area contributed by atoms with Crippen LogP contribution < -0.4 is 16.0 Å². The van der Waals surface area contributed by atoms with E-state index < -0.39 is 11.7 Å². The maximum Gasteiger partial charge on any atom is 0.407 e. The summed E-state index contributed by atoms with van der Waals surface area (Å²) in [5.41, 5.74) is 7.76. The van der Waals surface area contributed by atoms with Crippen LogP contribution in [0.15, 0.2) is 12.4 Å². The van der Waals surface area contributed by atoms with Gasteiger partial charge in [0.25, 0.3) is 0 Å². The van der Waals surface area contributed by atoms with Gasteiger partial charge in [-0.2, -0.15) is 0 Å². The Hall–Kier alpha value is -2.15. The maximum atomic E-state index is 12.0. The number of nitrogens with one attached hydrogen (secondary N) is 2. The Balaban J connectivity index is 1.79. The number of alkyl carbamates (subject to hydrolysis) is 1. The highest BCUT2D eigenvalue weighted by atomic mass is 35.5. The molecule has 1 aliphatic rings. The summed E-state index contributed by atoms with van der Waals surface area (Å²) < 4.78 is 5.35. The van der Waals surface area contributed by atoms with Gasteiger partial charge in [0, 0.05) is 25.3 Å². The topological polar surface area (TPSA) is 96.3 Å². The minimum atomic E-state index is -0.515. The van der Waals surface area contributed by atoms with Crippen molar-refractivity contribution in [1.82, 2.24) is 15.3 Å². The predicted octanol–water partition coefficient (Wildman–Crippen LogP) is 3.29. The number of halogens is 1. The first-order valence-corrected chi connectivity index (χ1v) is 8.78. The fourth-order valence-corrected chi connectivity index (χ4v) is 3.42. The first-order valence-electron chi connectivity index (χ1n) is 8.40. The van der Waals surface area contributed by atoms with Crippen LogP contribution in [0.5, 0.6) is 0 Å². The van der Waals surface area contributed by atoms with E-state index in [9.17, 15) is 4.79 Å². The summed E-state index contributed by atoms with van der Waals surface area (Å²) in [6, 6.07) is -0.0111. The molecule has 7 nitrogen and oxygen atoms in total. The lowest BCUT2D eigenvalue weighted by molar-refractivity contribution is 0.0500. The van der Waals surface area contributed by atoms with Crippen molar-refractivity contribution in [3.63, 3.8) is 0 Å². The molecule has 1 atom stereocenters. The quantitative estimate of drug-likeness (QED) is 0.758. The van der Waals surface area contributed by atoms with Crippen LogP contribution in [0, 0.1) is 0 Å². The number of hydrogen-bond donors (Lipinski definition) is 3. The Morgan fingerprint density at radius 2 is 2.28 bits per heavy atom. The zero-order valence-electron chi connectivity index (χ0n) is 14.7. The zero-order valence-corrected chi connectivity index (χ0v) is 15.5. The van der Waals surface area contributed by atoms with Crippen LogP contribution in [0.3, 0.4) is 0 Å². The fraction of sp³-hybridized carbons (Fsp3) is 0.529. The van der Waals surface area contributed by atoms with Gasteiger partial charge in [0.15, 0.2) is 0 Å².